The molecule has 0 fully saturated rings. The van der Waals surface area contributed by atoms with E-state index in [1.165, 1.54) is 7.11 Å². The van der Waals surface area contributed by atoms with Crippen LogP contribution in [0.2, 0.25) is 0 Å². The average Bonchev–Trinajstić information content (AvgIpc) is 2.64. The third kappa shape index (κ3) is 3.86. The van der Waals surface area contributed by atoms with E-state index in [0.29, 0.717) is 17.1 Å². The lowest BCUT2D eigenvalue weighted by atomic mass is 9.82. The van der Waals surface area contributed by atoms with Gasteiger partial charge in [-0.1, -0.05) is 6.07 Å². The fourth-order valence-electron chi connectivity index (χ4n) is 2.82. The zero-order chi connectivity index (χ0) is 19.3. The van der Waals surface area contributed by atoms with E-state index >= 15 is 0 Å². The molecule has 2 rings (SSSR count). The molecule has 0 saturated heterocycles. The van der Waals surface area contributed by atoms with Gasteiger partial charge < -0.3 is 14.8 Å². The van der Waals surface area contributed by atoms with E-state index in [-0.39, 0.29) is 29.3 Å². The number of ether oxygens (including phenoxy) is 2. The minimum Gasteiger partial charge on any atom is -0.466 e. The number of carbonyl (C=O) groups is 2. The summed E-state index contributed by atoms with van der Waals surface area (Å²) in [5, 5.41) is 12.1. The maximum atomic E-state index is 12.6. The largest absolute Gasteiger partial charge is 0.466 e. The van der Waals surface area contributed by atoms with Crippen LogP contribution in [0.5, 0.6) is 0 Å². The lowest BCUT2D eigenvalue weighted by Gasteiger charge is -2.29. The van der Waals surface area contributed by atoms with Crippen molar-refractivity contribution < 1.29 is 19.1 Å². The van der Waals surface area contributed by atoms with Gasteiger partial charge in [0.25, 0.3) is 0 Å². The topological polar surface area (TPSA) is 101 Å². The second-order valence-corrected chi connectivity index (χ2v) is 5.89. The first-order valence-corrected chi connectivity index (χ1v) is 8.35. The Labute approximate surface area is 156 Å². The molecule has 0 radical (unpaired) electrons. The maximum Gasteiger partial charge on any atom is 0.336 e. The molecule has 1 N–H and O–H groups in total. The molecule has 1 aliphatic heterocycles. The number of halogens is 1. The first kappa shape index (κ1) is 19.5. The van der Waals surface area contributed by atoms with Gasteiger partial charge in [-0.3, -0.25) is 0 Å². The molecule has 0 aliphatic carbocycles. The summed E-state index contributed by atoms with van der Waals surface area (Å²) in [4.78, 5) is 29.3. The summed E-state index contributed by atoms with van der Waals surface area (Å²) in [7, 11) is 1.26. The maximum absolute atomic E-state index is 12.6. The molecule has 1 atom stereocenters. The van der Waals surface area contributed by atoms with Crippen LogP contribution in [-0.2, 0) is 19.1 Å². The second-order valence-electron chi connectivity index (χ2n) is 5.51. The summed E-state index contributed by atoms with van der Waals surface area (Å²) < 4.78 is 10.1. The van der Waals surface area contributed by atoms with Gasteiger partial charge in [-0.25, -0.2) is 14.6 Å². The van der Waals surface area contributed by atoms with Crippen LogP contribution in [0.1, 0.15) is 31.2 Å². The molecule has 2 heterocycles. The molecule has 8 heteroatoms. The first-order valence-electron chi connectivity index (χ1n) is 7.81. The van der Waals surface area contributed by atoms with Crippen LogP contribution in [0.25, 0.3) is 0 Å². The van der Waals surface area contributed by atoms with E-state index < -0.39 is 17.9 Å². The Morgan fingerprint density at radius 3 is 2.50 bits per heavy atom. The van der Waals surface area contributed by atoms with Crippen molar-refractivity contribution in [3.8, 4) is 6.07 Å². The number of nitrogens with zero attached hydrogens (tertiary/aromatic N) is 2. The third-order valence-electron chi connectivity index (χ3n) is 3.88. The number of hydrogen-bond donors (Lipinski definition) is 1. The Morgan fingerprint density at radius 1 is 1.27 bits per heavy atom. The van der Waals surface area contributed by atoms with Crippen LogP contribution in [0.3, 0.4) is 0 Å². The number of rotatable bonds is 5. The quantitative estimate of drug-likeness (QED) is 0.621. The molecule has 0 aromatic carbocycles. The Bertz CT molecular complexity index is 839. The molecule has 0 saturated carbocycles. The number of alkyl halides is 1. The minimum atomic E-state index is -0.820. The van der Waals surface area contributed by atoms with E-state index in [1.54, 1.807) is 32.0 Å². The van der Waals surface area contributed by atoms with Gasteiger partial charge in [-0.05, 0) is 26.0 Å². The number of aromatic nitrogens is 1. The van der Waals surface area contributed by atoms with Gasteiger partial charge in [0.2, 0.25) is 0 Å². The fourth-order valence-corrected chi connectivity index (χ4v) is 2.90. The Balaban J connectivity index is 2.64. The number of methoxy groups -OCH3 is 1. The number of hydrogen-bond acceptors (Lipinski definition) is 7. The predicted octanol–water partition coefficient (Wildman–Crippen LogP) is 2.14. The Kier molecular flexibility index (Phi) is 6.36. The lowest BCUT2D eigenvalue weighted by molar-refractivity contribution is -0.139. The molecule has 136 valence electrons. The normalized spacial score (nSPS) is 16.7. The SMILES string of the molecule is COC(=O)C1=C(C)NC(C)=C(C(=O)OCCCl)C1c1cccc(C#N)n1. The fraction of sp³-hybridized carbons (Fsp3) is 0.333. The highest BCUT2D eigenvalue weighted by Gasteiger charge is 2.38. The van der Waals surface area contributed by atoms with Gasteiger partial charge in [0.1, 0.15) is 18.4 Å². The average molecular weight is 376 g/mol. The van der Waals surface area contributed by atoms with E-state index in [2.05, 4.69) is 10.3 Å². The number of carbonyl (C=O) groups excluding carboxylic acids is 2. The zero-order valence-electron chi connectivity index (χ0n) is 14.6. The number of allylic oxidation sites excluding steroid dienone is 2. The van der Waals surface area contributed by atoms with Crippen molar-refractivity contribution in [2.75, 3.05) is 19.6 Å². The van der Waals surface area contributed by atoms with Gasteiger partial charge in [0.15, 0.2) is 0 Å². The summed E-state index contributed by atoms with van der Waals surface area (Å²) >= 11 is 5.60. The molecule has 7 nitrogen and oxygen atoms in total. The summed E-state index contributed by atoms with van der Waals surface area (Å²) in [6, 6.07) is 6.79. The zero-order valence-corrected chi connectivity index (χ0v) is 15.4. The van der Waals surface area contributed by atoms with Crippen LogP contribution in [0.4, 0.5) is 0 Å². The predicted molar refractivity (Wildman–Crippen MR) is 93.9 cm³/mol. The highest BCUT2D eigenvalue weighted by molar-refractivity contribution is 6.18. The number of esters is 2. The highest BCUT2D eigenvalue weighted by atomic mass is 35.5. The van der Waals surface area contributed by atoms with Gasteiger partial charge in [0.05, 0.1) is 35.7 Å². The molecule has 1 aromatic rings. The van der Waals surface area contributed by atoms with E-state index in [4.69, 9.17) is 26.3 Å². The second kappa shape index (κ2) is 8.50. The van der Waals surface area contributed by atoms with E-state index in [1.807, 2.05) is 6.07 Å². The van der Waals surface area contributed by atoms with Gasteiger partial charge >= 0.3 is 11.9 Å². The van der Waals surface area contributed by atoms with Crippen LogP contribution in [0, 0.1) is 11.3 Å². The van der Waals surface area contributed by atoms with Gasteiger partial charge in [0, 0.05) is 11.4 Å². The van der Waals surface area contributed by atoms with E-state index in [0.717, 1.165) is 0 Å². The standard InChI is InChI=1S/C18H18ClN3O4/c1-10-14(17(23)25-3)16(13-6-4-5-12(9-20)22-13)15(11(2)21-10)18(24)26-8-7-19/h4-6,16,21H,7-8H2,1-3H3. The van der Waals surface area contributed by atoms with Crippen molar-refractivity contribution in [1.82, 2.24) is 10.3 Å². The molecule has 0 spiro atoms. The summed E-state index contributed by atoms with van der Waals surface area (Å²) in [5.41, 5.74) is 2.08. The molecule has 1 unspecified atom stereocenters. The first-order chi connectivity index (χ1) is 12.4. The molecular formula is C18H18ClN3O4. The van der Waals surface area contributed by atoms with Crippen molar-refractivity contribution in [2.45, 2.75) is 19.8 Å². The van der Waals surface area contributed by atoms with Crippen molar-refractivity contribution in [3.63, 3.8) is 0 Å². The Morgan fingerprint density at radius 2 is 1.92 bits per heavy atom. The summed E-state index contributed by atoms with van der Waals surface area (Å²) in [5.74, 6) is -1.88. The molecule has 1 aliphatic rings. The third-order valence-corrected chi connectivity index (χ3v) is 4.03. The molecule has 0 amide bonds. The van der Waals surface area contributed by atoms with Crippen LogP contribution >= 0.6 is 11.6 Å². The summed E-state index contributed by atoms with van der Waals surface area (Å²) in [6.45, 7) is 3.44. The molecule has 26 heavy (non-hydrogen) atoms. The van der Waals surface area contributed by atoms with Crippen LogP contribution in [0.15, 0.2) is 40.7 Å². The van der Waals surface area contributed by atoms with Crippen molar-refractivity contribution >= 4 is 23.5 Å². The van der Waals surface area contributed by atoms with Crippen LogP contribution < -0.4 is 5.32 Å². The monoisotopic (exact) mass is 375 g/mol. The van der Waals surface area contributed by atoms with Crippen LogP contribution in [-0.4, -0.2) is 36.5 Å². The van der Waals surface area contributed by atoms with Crippen molar-refractivity contribution in [2.24, 2.45) is 0 Å². The van der Waals surface area contributed by atoms with Gasteiger partial charge in [-0.2, -0.15) is 5.26 Å². The number of nitriles is 1. The lowest BCUT2D eigenvalue weighted by Crippen LogP contribution is -2.32. The van der Waals surface area contributed by atoms with Crippen molar-refractivity contribution in [1.29, 1.82) is 5.26 Å². The number of pyridine rings is 1. The summed E-state index contributed by atoms with van der Waals surface area (Å²) in [6.07, 6.45) is 0. The van der Waals surface area contributed by atoms with Gasteiger partial charge in [-0.15, -0.1) is 11.6 Å². The number of nitrogens with one attached hydrogen (secondary N) is 1. The number of dihydropyridines is 1. The smallest absolute Gasteiger partial charge is 0.336 e. The Hall–Kier alpha value is -2.85. The highest BCUT2D eigenvalue weighted by Crippen LogP contribution is 2.38. The molecule has 1 aromatic heterocycles. The minimum absolute atomic E-state index is 0.0335. The molecule has 0 bridgehead atoms. The van der Waals surface area contributed by atoms with E-state index in [9.17, 15) is 9.59 Å². The van der Waals surface area contributed by atoms with Crippen molar-refractivity contribution in [3.05, 3.63) is 52.1 Å². The molecular weight excluding hydrogens is 358 g/mol.